The lowest BCUT2D eigenvalue weighted by atomic mass is 9.76. The van der Waals surface area contributed by atoms with Crippen LogP contribution >= 0.6 is 11.8 Å². The van der Waals surface area contributed by atoms with Crippen LogP contribution in [0.4, 0.5) is 4.79 Å². The van der Waals surface area contributed by atoms with Gasteiger partial charge in [-0.1, -0.05) is 20.8 Å². The average molecular weight is 316 g/mol. The number of amides is 2. The number of rotatable bonds is 6. The second-order valence-electron chi connectivity index (χ2n) is 6.62. The molecule has 0 radical (unpaired) electrons. The molecule has 0 aromatic heterocycles. The SMILES string of the molecule is CC(C)(C)C(CCNC(=O)N1CCSCC1)CCC(=O)O. The van der Waals surface area contributed by atoms with Crippen LogP contribution in [-0.2, 0) is 4.79 Å². The number of carbonyl (C=O) groups is 2. The smallest absolute Gasteiger partial charge is 0.317 e. The number of hydrogen-bond acceptors (Lipinski definition) is 3. The predicted molar refractivity (Wildman–Crippen MR) is 86.7 cm³/mol. The summed E-state index contributed by atoms with van der Waals surface area (Å²) in [6.45, 7) is 8.63. The van der Waals surface area contributed by atoms with Gasteiger partial charge in [0.05, 0.1) is 0 Å². The lowest BCUT2D eigenvalue weighted by Crippen LogP contribution is -2.45. The van der Waals surface area contributed by atoms with Crippen molar-refractivity contribution in [1.29, 1.82) is 0 Å². The number of hydrogen-bond donors (Lipinski definition) is 2. The highest BCUT2D eigenvalue weighted by molar-refractivity contribution is 7.99. The Labute approximate surface area is 131 Å². The zero-order chi connectivity index (χ0) is 15.9. The lowest BCUT2D eigenvalue weighted by Gasteiger charge is -2.31. The van der Waals surface area contributed by atoms with E-state index in [1.165, 1.54) is 0 Å². The van der Waals surface area contributed by atoms with Gasteiger partial charge in [0.25, 0.3) is 0 Å². The first-order chi connectivity index (χ1) is 9.80. The number of urea groups is 1. The summed E-state index contributed by atoms with van der Waals surface area (Å²) < 4.78 is 0. The van der Waals surface area contributed by atoms with Gasteiger partial charge in [-0.05, 0) is 24.2 Å². The van der Waals surface area contributed by atoms with Crippen LogP contribution in [0.5, 0.6) is 0 Å². The fourth-order valence-electron chi connectivity index (χ4n) is 2.54. The Hall–Kier alpha value is -0.910. The van der Waals surface area contributed by atoms with Crippen molar-refractivity contribution in [3.63, 3.8) is 0 Å². The first kappa shape index (κ1) is 18.1. The van der Waals surface area contributed by atoms with E-state index >= 15 is 0 Å². The molecule has 2 amide bonds. The fourth-order valence-corrected chi connectivity index (χ4v) is 3.44. The Balaban J connectivity index is 2.34. The molecule has 0 bridgehead atoms. The summed E-state index contributed by atoms with van der Waals surface area (Å²) in [5.74, 6) is 1.57. The summed E-state index contributed by atoms with van der Waals surface area (Å²) in [6.07, 6.45) is 1.68. The maximum absolute atomic E-state index is 12.0. The van der Waals surface area contributed by atoms with Gasteiger partial charge in [0, 0.05) is 37.6 Å². The van der Waals surface area contributed by atoms with E-state index in [4.69, 9.17) is 5.11 Å². The quantitative estimate of drug-likeness (QED) is 0.790. The molecule has 0 saturated carbocycles. The van der Waals surface area contributed by atoms with Crippen LogP contribution < -0.4 is 5.32 Å². The Bertz CT molecular complexity index is 349. The molecule has 1 aliphatic rings. The van der Waals surface area contributed by atoms with Crippen molar-refractivity contribution in [2.45, 2.75) is 40.0 Å². The molecule has 1 unspecified atom stereocenters. The van der Waals surface area contributed by atoms with Crippen molar-refractivity contribution in [1.82, 2.24) is 10.2 Å². The van der Waals surface area contributed by atoms with Crippen LogP contribution in [0.15, 0.2) is 0 Å². The van der Waals surface area contributed by atoms with E-state index in [1.807, 2.05) is 16.7 Å². The Morgan fingerprint density at radius 1 is 1.24 bits per heavy atom. The Morgan fingerprint density at radius 2 is 1.86 bits per heavy atom. The molecule has 1 heterocycles. The van der Waals surface area contributed by atoms with E-state index in [9.17, 15) is 9.59 Å². The lowest BCUT2D eigenvalue weighted by molar-refractivity contribution is -0.137. The molecule has 1 aliphatic heterocycles. The van der Waals surface area contributed by atoms with Crippen molar-refractivity contribution in [3.8, 4) is 0 Å². The largest absolute Gasteiger partial charge is 0.481 e. The summed E-state index contributed by atoms with van der Waals surface area (Å²) in [5.41, 5.74) is 0.0575. The van der Waals surface area contributed by atoms with E-state index in [0.717, 1.165) is 31.0 Å². The number of carboxylic acid groups (broad SMARTS) is 1. The molecule has 1 atom stereocenters. The van der Waals surface area contributed by atoms with Gasteiger partial charge in [-0.15, -0.1) is 0 Å². The maximum atomic E-state index is 12.0. The maximum Gasteiger partial charge on any atom is 0.317 e. The number of nitrogens with zero attached hydrogens (tertiary/aromatic N) is 1. The van der Waals surface area contributed by atoms with Gasteiger partial charge in [-0.3, -0.25) is 4.79 Å². The average Bonchev–Trinajstić information content (AvgIpc) is 2.41. The highest BCUT2D eigenvalue weighted by Gasteiger charge is 2.25. The minimum Gasteiger partial charge on any atom is -0.481 e. The molecular formula is C15H28N2O3S. The van der Waals surface area contributed by atoms with Gasteiger partial charge < -0.3 is 15.3 Å². The van der Waals surface area contributed by atoms with Crippen molar-refractivity contribution >= 4 is 23.8 Å². The molecule has 1 rings (SSSR count). The van der Waals surface area contributed by atoms with Gasteiger partial charge in [0.15, 0.2) is 0 Å². The number of thioether (sulfide) groups is 1. The Morgan fingerprint density at radius 3 is 2.38 bits per heavy atom. The van der Waals surface area contributed by atoms with Crippen LogP contribution in [0, 0.1) is 11.3 Å². The molecule has 0 aliphatic carbocycles. The van der Waals surface area contributed by atoms with Crippen LogP contribution in [0.1, 0.15) is 40.0 Å². The standard InChI is InChI=1S/C15H28N2O3S/c1-15(2,3)12(4-5-13(18)19)6-7-16-14(20)17-8-10-21-11-9-17/h12H,4-11H2,1-3H3,(H,16,20)(H,18,19). The van der Waals surface area contributed by atoms with E-state index in [2.05, 4.69) is 26.1 Å². The van der Waals surface area contributed by atoms with Crippen LogP contribution in [0.25, 0.3) is 0 Å². The highest BCUT2D eigenvalue weighted by atomic mass is 32.2. The number of carbonyl (C=O) groups excluding carboxylic acids is 1. The third-order valence-corrected chi connectivity index (χ3v) is 4.94. The van der Waals surface area contributed by atoms with Gasteiger partial charge in [-0.2, -0.15) is 11.8 Å². The van der Waals surface area contributed by atoms with E-state index in [-0.39, 0.29) is 17.9 Å². The summed E-state index contributed by atoms with van der Waals surface area (Å²) in [4.78, 5) is 24.6. The summed E-state index contributed by atoms with van der Waals surface area (Å²) in [7, 11) is 0. The molecule has 122 valence electrons. The summed E-state index contributed by atoms with van der Waals surface area (Å²) >= 11 is 1.88. The molecule has 6 heteroatoms. The molecule has 21 heavy (non-hydrogen) atoms. The van der Waals surface area contributed by atoms with Gasteiger partial charge in [-0.25, -0.2) is 4.79 Å². The van der Waals surface area contributed by atoms with Crippen LogP contribution in [-0.4, -0.2) is 53.1 Å². The normalized spacial score (nSPS) is 17.4. The van der Waals surface area contributed by atoms with Crippen molar-refractivity contribution in [2.24, 2.45) is 11.3 Å². The molecule has 0 spiro atoms. The molecule has 2 N–H and O–H groups in total. The monoisotopic (exact) mass is 316 g/mol. The van der Waals surface area contributed by atoms with E-state index < -0.39 is 5.97 Å². The topological polar surface area (TPSA) is 69.6 Å². The number of aliphatic carboxylic acids is 1. The summed E-state index contributed by atoms with van der Waals surface area (Å²) in [5, 5.41) is 11.8. The first-order valence-electron chi connectivity index (χ1n) is 7.63. The second kappa shape index (κ2) is 8.51. The molecule has 0 aromatic rings. The van der Waals surface area contributed by atoms with Crippen LogP contribution in [0.3, 0.4) is 0 Å². The molecule has 0 aromatic carbocycles. The van der Waals surface area contributed by atoms with Crippen molar-refractivity contribution in [3.05, 3.63) is 0 Å². The second-order valence-corrected chi connectivity index (χ2v) is 7.84. The van der Waals surface area contributed by atoms with Crippen molar-refractivity contribution in [2.75, 3.05) is 31.1 Å². The third-order valence-electron chi connectivity index (χ3n) is 4.00. The summed E-state index contributed by atoms with van der Waals surface area (Å²) in [6, 6.07) is 0.0150. The molecule has 1 saturated heterocycles. The van der Waals surface area contributed by atoms with Gasteiger partial charge in [0.2, 0.25) is 0 Å². The van der Waals surface area contributed by atoms with Gasteiger partial charge >= 0.3 is 12.0 Å². The zero-order valence-electron chi connectivity index (χ0n) is 13.4. The molecule has 1 fully saturated rings. The molecular weight excluding hydrogens is 288 g/mol. The number of nitrogens with one attached hydrogen (secondary N) is 1. The van der Waals surface area contributed by atoms with E-state index in [1.54, 1.807) is 0 Å². The number of carboxylic acids is 1. The van der Waals surface area contributed by atoms with Crippen LogP contribution in [0.2, 0.25) is 0 Å². The third kappa shape index (κ3) is 7.07. The Kier molecular flexibility index (Phi) is 7.35. The highest BCUT2D eigenvalue weighted by Crippen LogP contribution is 2.32. The van der Waals surface area contributed by atoms with Gasteiger partial charge in [0.1, 0.15) is 0 Å². The van der Waals surface area contributed by atoms with E-state index in [0.29, 0.717) is 18.9 Å². The first-order valence-corrected chi connectivity index (χ1v) is 8.78. The fraction of sp³-hybridized carbons (Fsp3) is 0.867. The molecule has 5 nitrogen and oxygen atoms in total. The minimum atomic E-state index is -0.751. The van der Waals surface area contributed by atoms with Crippen molar-refractivity contribution < 1.29 is 14.7 Å². The predicted octanol–water partition coefficient (Wildman–Crippen LogP) is 2.66. The minimum absolute atomic E-state index is 0.0150. The zero-order valence-corrected chi connectivity index (χ0v) is 14.2.